The van der Waals surface area contributed by atoms with Crippen LogP contribution >= 0.6 is 0 Å². The predicted molar refractivity (Wildman–Crippen MR) is 68.3 cm³/mol. The number of hydrogen-bond donors (Lipinski definition) is 0. The van der Waals surface area contributed by atoms with Gasteiger partial charge in [0.25, 0.3) is 14.3 Å². The summed E-state index contributed by atoms with van der Waals surface area (Å²) in [5, 5.41) is 0.219. The molecule has 0 rings (SSSR count). The molecule has 0 aromatic rings. The van der Waals surface area contributed by atoms with Crippen LogP contribution in [0.15, 0.2) is 12.0 Å². The number of allylic oxidation sites excluding steroid dienone is 1. The van der Waals surface area contributed by atoms with Gasteiger partial charge in [-0.05, 0) is 37.6 Å². The fraction of sp³-hybridized carbons (Fsp3) is 0.833. The van der Waals surface area contributed by atoms with Crippen LogP contribution in [0.5, 0.6) is 0 Å². The second kappa shape index (κ2) is 5.59. The summed E-state index contributed by atoms with van der Waals surface area (Å²) >= 11 is 0. The molecular weight excluding hydrogens is 204 g/mol. The van der Waals surface area contributed by atoms with Crippen LogP contribution in [0.1, 0.15) is 41.0 Å². The van der Waals surface area contributed by atoms with Gasteiger partial charge in [0, 0.05) is 0 Å². The van der Waals surface area contributed by atoms with Gasteiger partial charge < -0.3 is 9.16 Å². The molecule has 0 saturated heterocycles. The molecule has 0 fully saturated rings. The summed E-state index contributed by atoms with van der Waals surface area (Å²) in [7, 11) is -1.74. The van der Waals surface area contributed by atoms with Crippen molar-refractivity contribution in [2.24, 2.45) is 0 Å². The van der Waals surface area contributed by atoms with Gasteiger partial charge in [-0.15, -0.1) is 0 Å². The highest BCUT2D eigenvalue weighted by atomic mass is 28.4. The second-order valence-corrected chi connectivity index (χ2v) is 9.95. The van der Waals surface area contributed by atoms with Crippen LogP contribution in [-0.2, 0) is 9.16 Å². The molecule has 0 radical (unpaired) electrons. The van der Waals surface area contributed by atoms with E-state index in [1.165, 1.54) is 0 Å². The lowest BCUT2D eigenvalue weighted by molar-refractivity contribution is 0.106. The van der Waals surface area contributed by atoms with E-state index in [1.807, 2.05) is 13.0 Å². The minimum Gasteiger partial charge on any atom is -0.519 e. The van der Waals surface area contributed by atoms with E-state index in [4.69, 9.17) is 9.16 Å². The average molecular weight is 230 g/mol. The maximum atomic E-state index is 6.06. The Hall–Kier alpha value is -0.443. The van der Waals surface area contributed by atoms with Crippen LogP contribution in [0.4, 0.5) is 0 Å². The average Bonchev–Trinajstić information content (AvgIpc) is 2.02. The maximum absolute atomic E-state index is 6.06. The molecule has 0 amide bonds. The molecule has 2 nitrogen and oxygen atoms in total. The molecule has 0 aromatic carbocycles. The van der Waals surface area contributed by atoms with Crippen molar-refractivity contribution in [2.75, 3.05) is 6.61 Å². The molecule has 0 atom stereocenters. The monoisotopic (exact) mass is 230 g/mol. The highest BCUT2D eigenvalue weighted by Crippen LogP contribution is 2.38. The zero-order valence-electron chi connectivity index (χ0n) is 11.3. The highest BCUT2D eigenvalue weighted by Gasteiger charge is 2.39. The molecule has 0 spiro atoms. The first-order valence-corrected chi connectivity index (χ1v) is 8.67. The van der Waals surface area contributed by atoms with E-state index in [1.54, 1.807) is 0 Å². The molecule has 90 valence electrons. The fourth-order valence-electron chi connectivity index (χ4n) is 0.844. The lowest BCUT2D eigenvalue weighted by Crippen LogP contribution is -2.40. The van der Waals surface area contributed by atoms with E-state index in [9.17, 15) is 0 Å². The van der Waals surface area contributed by atoms with Gasteiger partial charge >= 0.3 is 0 Å². The summed E-state index contributed by atoms with van der Waals surface area (Å²) in [4.78, 5) is 0. The fourth-order valence-corrected chi connectivity index (χ4v) is 1.79. The molecular formula is C12H26O2Si. The summed E-state index contributed by atoms with van der Waals surface area (Å²) in [5.41, 5.74) is 0. The van der Waals surface area contributed by atoms with Gasteiger partial charge in [-0.25, -0.2) is 0 Å². The summed E-state index contributed by atoms with van der Waals surface area (Å²) in [6, 6.07) is 0. The van der Waals surface area contributed by atoms with Crippen molar-refractivity contribution in [3.05, 3.63) is 12.0 Å². The van der Waals surface area contributed by atoms with Crippen molar-refractivity contribution in [1.82, 2.24) is 0 Å². The van der Waals surface area contributed by atoms with Crippen LogP contribution in [0.25, 0.3) is 0 Å². The molecule has 0 aliphatic rings. The largest absolute Gasteiger partial charge is 0.519 e. The van der Waals surface area contributed by atoms with Gasteiger partial charge in [0.1, 0.15) is 0 Å². The van der Waals surface area contributed by atoms with Gasteiger partial charge in [0.15, 0.2) is 0 Å². The van der Waals surface area contributed by atoms with E-state index in [0.717, 1.165) is 6.42 Å². The Kier molecular flexibility index (Phi) is 5.42. The predicted octanol–water partition coefficient (Wildman–Crippen LogP) is 4.30. The first-order chi connectivity index (χ1) is 6.74. The molecule has 0 N–H and O–H groups in total. The van der Waals surface area contributed by atoms with E-state index in [0.29, 0.717) is 12.6 Å². The van der Waals surface area contributed by atoms with Gasteiger partial charge in [-0.2, -0.15) is 0 Å². The highest BCUT2D eigenvalue weighted by molar-refractivity contribution is 6.74. The molecule has 0 saturated carbocycles. The Morgan fingerprint density at radius 1 is 1.20 bits per heavy atom. The van der Waals surface area contributed by atoms with Crippen molar-refractivity contribution in [1.29, 1.82) is 0 Å². The molecule has 0 bridgehead atoms. The molecule has 0 aliphatic carbocycles. The van der Waals surface area contributed by atoms with E-state index >= 15 is 0 Å². The Bertz CT molecular complexity index is 214. The third-order valence-corrected chi connectivity index (χ3v) is 7.14. The Morgan fingerprint density at radius 2 is 1.73 bits per heavy atom. The Labute approximate surface area is 95.8 Å². The number of hydrogen-bond acceptors (Lipinski definition) is 2. The van der Waals surface area contributed by atoms with Crippen molar-refractivity contribution in [3.8, 4) is 0 Å². The third kappa shape index (κ3) is 4.73. The van der Waals surface area contributed by atoms with Gasteiger partial charge in [-0.3, -0.25) is 0 Å². The molecule has 0 aromatic heterocycles. The van der Waals surface area contributed by atoms with Crippen LogP contribution in [0.2, 0.25) is 18.1 Å². The third-order valence-electron chi connectivity index (χ3n) is 2.82. The number of ether oxygens (including phenoxy) is 1. The Morgan fingerprint density at radius 3 is 2.07 bits per heavy atom. The topological polar surface area (TPSA) is 18.5 Å². The summed E-state index contributed by atoms with van der Waals surface area (Å²) in [6.45, 7) is 15.9. The minimum absolute atomic E-state index is 0.219. The normalized spacial score (nSPS) is 13.9. The van der Waals surface area contributed by atoms with Gasteiger partial charge in [-0.1, -0.05) is 27.7 Å². The zero-order valence-corrected chi connectivity index (χ0v) is 12.3. The molecule has 0 aliphatic heterocycles. The van der Waals surface area contributed by atoms with Crippen molar-refractivity contribution in [3.63, 3.8) is 0 Å². The smallest absolute Gasteiger partial charge is 0.261 e. The standard InChI is InChI=1S/C12H26O2Si/c1-8-10-11(13-9-2)14-15(6,7)12(3,4)5/h10H,8-9H2,1-7H3/b11-10-. The van der Waals surface area contributed by atoms with Crippen LogP contribution in [0.3, 0.4) is 0 Å². The molecule has 15 heavy (non-hydrogen) atoms. The quantitative estimate of drug-likeness (QED) is 0.518. The maximum Gasteiger partial charge on any atom is 0.261 e. The van der Waals surface area contributed by atoms with Crippen LogP contribution in [-0.4, -0.2) is 14.9 Å². The van der Waals surface area contributed by atoms with E-state index in [2.05, 4.69) is 40.8 Å². The summed E-state index contributed by atoms with van der Waals surface area (Å²) in [5.74, 6) is 0.714. The van der Waals surface area contributed by atoms with Crippen molar-refractivity contribution >= 4 is 8.32 Å². The first-order valence-electron chi connectivity index (χ1n) is 5.76. The summed E-state index contributed by atoms with van der Waals surface area (Å²) < 4.78 is 11.5. The summed E-state index contributed by atoms with van der Waals surface area (Å²) in [6.07, 6.45) is 2.97. The van der Waals surface area contributed by atoms with Gasteiger partial charge in [0.2, 0.25) is 0 Å². The van der Waals surface area contributed by atoms with E-state index < -0.39 is 8.32 Å². The zero-order chi connectivity index (χ0) is 12.1. The first kappa shape index (κ1) is 14.6. The second-order valence-electron chi connectivity index (χ2n) is 5.23. The lowest BCUT2D eigenvalue weighted by atomic mass is 10.2. The molecule has 3 heteroatoms. The molecule has 0 heterocycles. The van der Waals surface area contributed by atoms with Crippen LogP contribution in [0, 0.1) is 0 Å². The van der Waals surface area contributed by atoms with Crippen molar-refractivity contribution in [2.45, 2.75) is 59.2 Å². The number of rotatable bonds is 5. The van der Waals surface area contributed by atoms with Crippen molar-refractivity contribution < 1.29 is 9.16 Å². The SMILES string of the molecule is CC/C=C(/OCC)O[Si](C)(C)C(C)(C)C. The van der Waals surface area contributed by atoms with Crippen LogP contribution < -0.4 is 0 Å². The Balaban J connectivity index is 4.60. The van der Waals surface area contributed by atoms with Gasteiger partial charge in [0.05, 0.1) is 6.61 Å². The van der Waals surface area contributed by atoms with E-state index in [-0.39, 0.29) is 5.04 Å². The molecule has 0 unspecified atom stereocenters. The lowest BCUT2D eigenvalue weighted by Gasteiger charge is -2.36. The minimum atomic E-state index is -1.74.